The normalized spacial score (nSPS) is 20.0. The van der Waals surface area contributed by atoms with Crippen LogP contribution in [0.3, 0.4) is 0 Å². The highest BCUT2D eigenvalue weighted by Crippen LogP contribution is 2.28. The minimum Gasteiger partial charge on any atom is -0.488 e. The highest BCUT2D eigenvalue weighted by atomic mass is 79.9. The first kappa shape index (κ1) is 17.5. The number of ether oxygens (including phenoxy) is 1. The van der Waals surface area contributed by atoms with Crippen molar-refractivity contribution < 1.29 is 14.0 Å². The Morgan fingerprint density at radius 2 is 1.96 bits per heavy atom. The van der Waals surface area contributed by atoms with Crippen LogP contribution in [0.4, 0.5) is 0 Å². The molecule has 2 aromatic rings. The van der Waals surface area contributed by atoms with Crippen LogP contribution in [0.25, 0.3) is 0 Å². The summed E-state index contributed by atoms with van der Waals surface area (Å²) in [6.45, 7) is 6.83. The lowest BCUT2D eigenvalue weighted by atomic mass is 9.75. The van der Waals surface area contributed by atoms with E-state index in [1.807, 2.05) is 36.4 Å². The van der Waals surface area contributed by atoms with Gasteiger partial charge in [0, 0.05) is 6.10 Å². The number of hydrogen-bond donors (Lipinski definition) is 0. The minimum absolute atomic E-state index is 0.173. The molecule has 1 aliphatic heterocycles. The molecule has 126 valence electrons. The SMILES string of the molecule is CC1CC(C)(C)OB(c2ccc(OCc3ccccc3)c(Br)c2)O1. The van der Waals surface area contributed by atoms with Crippen molar-refractivity contribution in [1.29, 1.82) is 0 Å². The Bertz CT molecular complexity index is 690. The summed E-state index contributed by atoms with van der Waals surface area (Å²) in [6.07, 6.45) is 1.06. The van der Waals surface area contributed by atoms with E-state index in [2.05, 4.69) is 48.8 Å². The Morgan fingerprint density at radius 1 is 1.21 bits per heavy atom. The summed E-state index contributed by atoms with van der Waals surface area (Å²) < 4.78 is 18.8. The summed E-state index contributed by atoms with van der Waals surface area (Å²) in [5, 5.41) is 0. The second-order valence-corrected chi connectivity index (χ2v) is 7.68. The van der Waals surface area contributed by atoms with Crippen LogP contribution in [-0.2, 0) is 15.9 Å². The van der Waals surface area contributed by atoms with Gasteiger partial charge in [0.2, 0.25) is 0 Å². The quantitative estimate of drug-likeness (QED) is 0.729. The standard InChI is InChI=1S/C19H22BBrO3/c1-14-12-19(2,3)24-20(23-14)16-9-10-18(17(21)11-16)22-13-15-7-5-4-6-8-15/h4-11,14H,12-13H2,1-3H3. The first-order chi connectivity index (χ1) is 11.4. The molecule has 1 atom stereocenters. The van der Waals surface area contributed by atoms with Gasteiger partial charge < -0.3 is 14.0 Å². The molecule has 3 nitrogen and oxygen atoms in total. The van der Waals surface area contributed by atoms with E-state index in [1.54, 1.807) is 0 Å². The Labute approximate surface area is 152 Å². The summed E-state index contributed by atoms with van der Waals surface area (Å²) in [5.41, 5.74) is 1.95. The Balaban J connectivity index is 1.70. The highest BCUT2D eigenvalue weighted by Gasteiger charge is 2.38. The van der Waals surface area contributed by atoms with E-state index in [9.17, 15) is 0 Å². The molecule has 0 radical (unpaired) electrons. The minimum atomic E-state index is -0.344. The molecule has 0 amide bonds. The van der Waals surface area contributed by atoms with Gasteiger partial charge in [-0.3, -0.25) is 0 Å². The van der Waals surface area contributed by atoms with Crippen LogP contribution in [0.1, 0.15) is 32.8 Å². The monoisotopic (exact) mass is 388 g/mol. The van der Waals surface area contributed by atoms with E-state index in [4.69, 9.17) is 14.0 Å². The van der Waals surface area contributed by atoms with E-state index >= 15 is 0 Å². The van der Waals surface area contributed by atoms with Crippen LogP contribution in [0.5, 0.6) is 5.75 Å². The van der Waals surface area contributed by atoms with Crippen LogP contribution in [0.2, 0.25) is 0 Å². The zero-order valence-corrected chi connectivity index (χ0v) is 15.9. The van der Waals surface area contributed by atoms with E-state index in [0.717, 1.165) is 27.7 Å². The maximum absolute atomic E-state index is 6.07. The number of rotatable bonds is 4. The summed E-state index contributed by atoms with van der Waals surface area (Å²) in [5.74, 6) is 0.811. The Kier molecular flexibility index (Phi) is 5.33. The summed E-state index contributed by atoms with van der Waals surface area (Å²) in [7, 11) is -0.344. The largest absolute Gasteiger partial charge is 0.494 e. The van der Waals surface area contributed by atoms with Gasteiger partial charge in [0.1, 0.15) is 12.4 Å². The molecule has 1 aliphatic rings. The average molecular weight is 389 g/mol. The van der Waals surface area contributed by atoms with Gasteiger partial charge in [-0.1, -0.05) is 36.4 Å². The lowest BCUT2D eigenvalue weighted by Crippen LogP contribution is -2.51. The van der Waals surface area contributed by atoms with Gasteiger partial charge in [0.15, 0.2) is 0 Å². The number of benzene rings is 2. The van der Waals surface area contributed by atoms with E-state index in [0.29, 0.717) is 6.61 Å². The molecule has 0 spiro atoms. The molecule has 24 heavy (non-hydrogen) atoms. The van der Waals surface area contributed by atoms with Crippen molar-refractivity contribution in [3.8, 4) is 5.75 Å². The zero-order chi connectivity index (χ0) is 17.2. The van der Waals surface area contributed by atoms with Crippen molar-refractivity contribution in [3.63, 3.8) is 0 Å². The molecule has 0 saturated carbocycles. The van der Waals surface area contributed by atoms with Crippen molar-refractivity contribution in [2.24, 2.45) is 0 Å². The lowest BCUT2D eigenvalue weighted by molar-refractivity contribution is -0.0229. The molecule has 1 heterocycles. The fraction of sp³-hybridized carbons (Fsp3) is 0.368. The molecule has 0 bridgehead atoms. The summed E-state index contributed by atoms with van der Waals surface area (Å²) in [6, 6.07) is 16.1. The average Bonchev–Trinajstić information content (AvgIpc) is 2.53. The number of hydrogen-bond acceptors (Lipinski definition) is 3. The van der Waals surface area contributed by atoms with Gasteiger partial charge in [0.05, 0.1) is 10.1 Å². The molecule has 0 aromatic heterocycles. The zero-order valence-electron chi connectivity index (χ0n) is 14.3. The lowest BCUT2D eigenvalue weighted by Gasteiger charge is -2.38. The molecular weight excluding hydrogens is 367 g/mol. The van der Waals surface area contributed by atoms with E-state index in [1.165, 1.54) is 0 Å². The summed E-state index contributed by atoms with van der Waals surface area (Å²) in [4.78, 5) is 0. The van der Waals surface area contributed by atoms with Gasteiger partial charge >= 0.3 is 7.12 Å². The van der Waals surface area contributed by atoms with Crippen molar-refractivity contribution in [2.45, 2.75) is 45.5 Å². The topological polar surface area (TPSA) is 27.7 Å². The van der Waals surface area contributed by atoms with Crippen molar-refractivity contribution >= 4 is 28.5 Å². The molecule has 1 saturated heterocycles. The highest BCUT2D eigenvalue weighted by molar-refractivity contribution is 9.10. The van der Waals surface area contributed by atoms with Crippen LogP contribution in [0, 0.1) is 0 Å². The van der Waals surface area contributed by atoms with Crippen LogP contribution in [-0.4, -0.2) is 18.8 Å². The molecule has 0 aliphatic carbocycles. The molecular formula is C19H22BBrO3. The molecule has 1 fully saturated rings. The fourth-order valence-corrected chi connectivity index (χ4v) is 3.49. The van der Waals surface area contributed by atoms with Crippen LogP contribution < -0.4 is 10.2 Å². The van der Waals surface area contributed by atoms with Gasteiger partial charge in [-0.15, -0.1) is 0 Å². The fourth-order valence-electron chi connectivity index (χ4n) is 2.98. The summed E-state index contributed by atoms with van der Waals surface area (Å²) >= 11 is 3.59. The van der Waals surface area contributed by atoms with Gasteiger partial charge in [-0.05, 0) is 66.3 Å². The molecule has 0 N–H and O–H groups in total. The molecule has 1 unspecified atom stereocenters. The number of halogens is 1. The smallest absolute Gasteiger partial charge is 0.488 e. The Morgan fingerprint density at radius 3 is 2.62 bits per heavy atom. The van der Waals surface area contributed by atoms with E-state index in [-0.39, 0.29) is 18.8 Å². The van der Waals surface area contributed by atoms with Gasteiger partial charge in [-0.2, -0.15) is 0 Å². The van der Waals surface area contributed by atoms with Crippen molar-refractivity contribution in [3.05, 3.63) is 58.6 Å². The van der Waals surface area contributed by atoms with Gasteiger partial charge in [-0.25, -0.2) is 0 Å². The second kappa shape index (κ2) is 7.30. The third-order valence-corrected chi connectivity index (χ3v) is 4.65. The molecule has 2 aromatic carbocycles. The molecule has 5 heteroatoms. The second-order valence-electron chi connectivity index (χ2n) is 6.82. The van der Waals surface area contributed by atoms with E-state index < -0.39 is 0 Å². The van der Waals surface area contributed by atoms with Crippen molar-refractivity contribution in [2.75, 3.05) is 0 Å². The Hall–Kier alpha value is -1.30. The third kappa shape index (κ3) is 4.41. The van der Waals surface area contributed by atoms with Crippen LogP contribution >= 0.6 is 15.9 Å². The first-order valence-corrected chi connectivity index (χ1v) is 9.02. The predicted molar refractivity (Wildman–Crippen MR) is 101 cm³/mol. The van der Waals surface area contributed by atoms with Crippen molar-refractivity contribution in [1.82, 2.24) is 0 Å². The van der Waals surface area contributed by atoms with Crippen LogP contribution in [0.15, 0.2) is 53.0 Å². The maximum Gasteiger partial charge on any atom is 0.494 e. The third-order valence-electron chi connectivity index (χ3n) is 4.03. The first-order valence-electron chi connectivity index (χ1n) is 8.22. The maximum atomic E-state index is 6.07. The van der Waals surface area contributed by atoms with Gasteiger partial charge in [0.25, 0.3) is 0 Å². The molecule has 3 rings (SSSR count). The predicted octanol–water partition coefficient (Wildman–Crippen LogP) is 4.33.